The van der Waals surface area contributed by atoms with Gasteiger partial charge in [0.2, 0.25) is 5.91 Å². The van der Waals surface area contributed by atoms with E-state index in [4.69, 9.17) is 4.74 Å². The Morgan fingerprint density at radius 3 is 2.91 bits per heavy atom. The summed E-state index contributed by atoms with van der Waals surface area (Å²) in [6, 6.07) is 6.04. The standard InChI is InChI=1S/C17H25FN2O2/c1-17(7-9-19-10-8-17)13-20-16(21)6-3-11-22-15-5-2-4-14(18)12-15/h2,4-5,12,19H,3,6-11,13H2,1H3,(H,20,21). The molecule has 0 spiro atoms. The summed E-state index contributed by atoms with van der Waals surface area (Å²) in [6.45, 7) is 5.42. The highest BCUT2D eigenvalue weighted by Crippen LogP contribution is 2.26. The Morgan fingerprint density at radius 2 is 2.18 bits per heavy atom. The first-order valence-electron chi connectivity index (χ1n) is 7.93. The molecule has 1 saturated heterocycles. The lowest BCUT2D eigenvalue weighted by Crippen LogP contribution is -2.42. The molecule has 0 bridgehead atoms. The molecular formula is C17H25FN2O2. The second-order valence-corrected chi connectivity index (χ2v) is 6.25. The van der Waals surface area contributed by atoms with Gasteiger partial charge in [0.05, 0.1) is 6.61 Å². The number of halogens is 1. The van der Waals surface area contributed by atoms with Crippen molar-refractivity contribution in [1.29, 1.82) is 0 Å². The van der Waals surface area contributed by atoms with Gasteiger partial charge in [-0.05, 0) is 49.9 Å². The van der Waals surface area contributed by atoms with E-state index >= 15 is 0 Å². The van der Waals surface area contributed by atoms with Crippen LogP contribution >= 0.6 is 0 Å². The van der Waals surface area contributed by atoms with Crippen LogP contribution in [0.1, 0.15) is 32.6 Å². The lowest BCUT2D eigenvalue weighted by atomic mass is 9.81. The molecule has 1 amide bonds. The van der Waals surface area contributed by atoms with E-state index in [0.29, 0.717) is 25.2 Å². The number of carbonyl (C=O) groups excluding carboxylic acids is 1. The predicted octanol–water partition coefficient (Wildman–Crippen LogP) is 2.49. The molecule has 0 unspecified atom stereocenters. The molecule has 1 aromatic carbocycles. The summed E-state index contributed by atoms with van der Waals surface area (Å²) in [5.41, 5.74) is 0.207. The van der Waals surface area contributed by atoms with E-state index in [9.17, 15) is 9.18 Å². The maximum Gasteiger partial charge on any atom is 0.220 e. The van der Waals surface area contributed by atoms with Crippen LogP contribution in [0.2, 0.25) is 0 Å². The van der Waals surface area contributed by atoms with Gasteiger partial charge in [-0.1, -0.05) is 13.0 Å². The Hall–Kier alpha value is -1.62. The summed E-state index contributed by atoms with van der Waals surface area (Å²) >= 11 is 0. The van der Waals surface area contributed by atoms with E-state index in [1.165, 1.54) is 12.1 Å². The van der Waals surface area contributed by atoms with Gasteiger partial charge in [0.15, 0.2) is 0 Å². The van der Waals surface area contributed by atoms with Crippen LogP contribution < -0.4 is 15.4 Å². The van der Waals surface area contributed by atoms with E-state index in [2.05, 4.69) is 17.6 Å². The highest BCUT2D eigenvalue weighted by Gasteiger charge is 2.26. The molecule has 0 saturated carbocycles. The molecule has 1 aromatic rings. The van der Waals surface area contributed by atoms with Crippen molar-refractivity contribution in [3.63, 3.8) is 0 Å². The Bertz CT molecular complexity index is 487. The molecule has 0 atom stereocenters. The Kier molecular flexibility index (Phi) is 6.19. The predicted molar refractivity (Wildman–Crippen MR) is 84.3 cm³/mol. The third-order valence-corrected chi connectivity index (χ3v) is 4.14. The number of amides is 1. The van der Waals surface area contributed by atoms with Crippen LogP contribution in [0.3, 0.4) is 0 Å². The van der Waals surface area contributed by atoms with Crippen molar-refractivity contribution in [2.45, 2.75) is 32.6 Å². The molecule has 1 aliphatic rings. The highest BCUT2D eigenvalue weighted by molar-refractivity contribution is 5.75. The number of piperidine rings is 1. The van der Waals surface area contributed by atoms with Crippen molar-refractivity contribution in [3.05, 3.63) is 30.1 Å². The van der Waals surface area contributed by atoms with E-state index in [1.807, 2.05) is 0 Å². The van der Waals surface area contributed by atoms with Gasteiger partial charge in [0, 0.05) is 19.0 Å². The quantitative estimate of drug-likeness (QED) is 0.761. The smallest absolute Gasteiger partial charge is 0.220 e. The molecular weight excluding hydrogens is 283 g/mol. The largest absolute Gasteiger partial charge is 0.493 e. The summed E-state index contributed by atoms with van der Waals surface area (Å²) in [5.74, 6) is 0.246. The van der Waals surface area contributed by atoms with Crippen molar-refractivity contribution in [2.75, 3.05) is 26.2 Å². The van der Waals surface area contributed by atoms with Gasteiger partial charge in [-0.15, -0.1) is 0 Å². The van der Waals surface area contributed by atoms with Crippen LogP contribution in [0, 0.1) is 11.2 Å². The Labute approximate surface area is 131 Å². The third kappa shape index (κ3) is 5.64. The van der Waals surface area contributed by atoms with Crippen molar-refractivity contribution in [3.8, 4) is 5.75 Å². The van der Waals surface area contributed by atoms with Crippen LogP contribution in [-0.2, 0) is 4.79 Å². The molecule has 4 nitrogen and oxygen atoms in total. The van der Waals surface area contributed by atoms with Gasteiger partial charge < -0.3 is 15.4 Å². The summed E-state index contributed by atoms with van der Waals surface area (Å²) in [7, 11) is 0. The molecule has 0 aromatic heterocycles. The maximum atomic E-state index is 13.0. The SMILES string of the molecule is CC1(CNC(=O)CCCOc2cccc(F)c2)CCNCC1. The minimum Gasteiger partial charge on any atom is -0.493 e. The molecule has 22 heavy (non-hydrogen) atoms. The van der Waals surface area contributed by atoms with Crippen LogP contribution in [0.4, 0.5) is 4.39 Å². The zero-order chi connectivity index (χ0) is 15.8. The number of benzene rings is 1. The normalized spacial score (nSPS) is 17.0. The lowest BCUT2D eigenvalue weighted by molar-refractivity contribution is -0.121. The monoisotopic (exact) mass is 308 g/mol. The van der Waals surface area contributed by atoms with Crippen molar-refractivity contribution < 1.29 is 13.9 Å². The van der Waals surface area contributed by atoms with E-state index in [1.54, 1.807) is 12.1 Å². The molecule has 5 heteroatoms. The summed E-state index contributed by atoms with van der Waals surface area (Å²) in [6.07, 6.45) is 3.25. The highest BCUT2D eigenvalue weighted by atomic mass is 19.1. The van der Waals surface area contributed by atoms with Crippen molar-refractivity contribution in [2.24, 2.45) is 5.41 Å². The van der Waals surface area contributed by atoms with Gasteiger partial charge in [0.25, 0.3) is 0 Å². The van der Waals surface area contributed by atoms with Crippen LogP contribution in [0.25, 0.3) is 0 Å². The molecule has 1 aliphatic heterocycles. The number of hydrogen-bond donors (Lipinski definition) is 2. The summed E-state index contributed by atoms with van der Waals surface area (Å²) in [5, 5.41) is 6.35. The van der Waals surface area contributed by atoms with Gasteiger partial charge >= 0.3 is 0 Å². The molecule has 0 radical (unpaired) electrons. The minimum atomic E-state index is -0.314. The topological polar surface area (TPSA) is 50.4 Å². The van der Waals surface area contributed by atoms with Crippen molar-refractivity contribution >= 4 is 5.91 Å². The van der Waals surface area contributed by atoms with Crippen LogP contribution in [0.15, 0.2) is 24.3 Å². The first-order valence-corrected chi connectivity index (χ1v) is 7.93. The van der Waals surface area contributed by atoms with Gasteiger partial charge in [-0.3, -0.25) is 4.79 Å². The van der Waals surface area contributed by atoms with Gasteiger partial charge in [0.1, 0.15) is 11.6 Å². The molecule has 1 heterocycles. The first-order chi connectivity index (χ1) is 10.6. The third-order valence-electron chi connectivity index (χ3n) is 4.14. The fraction of sp³-hybridized carbons (Fsp3) is 0.588. The summed E-state index contributed by atoms with van der Waals surface area (Å²) in [4.78, 5) is 11.9. The molecule has 0 aliphatic carbocycles. The van der Waals surface area contributed by atoms with Crippen LogP contribution in [0.5, 0.6) is 5.75 Å². The van der Waals surface area contributed by atoms with Crippen molar-refractivity contribution in [1.82, 2.24) is 10.6 Å². The maximum absolute atomic E-state index is 13.0. The first kappa shape index (κ1) is 16.7. The van der Waals surface area contributed by atoms with E-state index in [0.717, 1.165) is 32.5 Å². The number of hydrogen-bond acceptors (Lipinski definition) is 3. The molecule has 2 N–H and O–H groups in total. The van der Waals surface area contributed by atoms with Crippen LogP contribution in [-0.4, -0.2) is 32.1 Å². The molecule has 122 valence electrons. The minimum absolute atomic E-state index is 0.0580. The molecule has 1 fully saturated rings. The number of rotatable bonds is 7. The fourth-order valence-electron chi connectivity index (χ4n) is 2.59. The number of ether oxygens (including phenoxy) is 1. The second-order valence-electron chi connectivity index (χ2n) is 6.25. The second kappa shape index (κ2) is 8.13. The Balaban J connectivity index is 1.59. The number of carbonyl (C=O) groups is 1. The average molecular weight is 308 g/mol. The molecule has 2 rings (SSSR count). The zero-order valence-corrected chi connectivity index (χ0v) is 13.2. The zero-order valence-electron chi connectivity index (χ0n) is 13.2. The average Bonchev–Trinajstić information content (AvgIpc) is 2.51. The van der Waals surface area contributed by atoms with E-state index in [-0.39, 0.29) is 17.1 Å². The Morgan fingerprint density at radius 1 is 1.41 bits per heavy atom. The lowest BCUT2D eigenvalue weighted by Gasteiger charge is -2.34. The summed E-state index contributed by atoms with van der Waals surface area (Å²) < 4.78 is 18.4. The fourth-order valence-corrected chi connectivity index (χ4v) is 2.59. The van der Waals surface area contributed by atoms with Gasteiger partial charge in [-0.2, -0.15) is 0 Å². The van der Waals surface area contributed by atoms with Gasteiger partial charge in [-0.25, -0.2) is 4.39 Å². The number of nitrogens with one attached hydrogen (secondary N) is 2. The van der Waals surface area contributed by atoms with E-state index < -0.39 is 0 Å².